The van der Waals surface area contributed by atoms with E-state index in [1.807, 2.05) is 18.7 Å². The van der Waals surface area contributed by atoms with Gasteiger partial charge < -0.3 is 5.11 Å². The van der Waals surface area contributed by atoms with Crippen LogP contribution in [-0.2, 0) is 4.79 Å². The van der Waals surface area contributed by atoms with E-state index in [0.29, 0.717) is 0 Å². The molecule has 4 heteroatoms. The molecular formula is C10H21NO2S. The Labute approximate surface area is 90.9 Å². The molecule has 3 nitrogen and oxygen atoms in total. The lowest BCUT2D eigenvalue weighted by atomic mass is 10.2. The smallest absolute Gasteiger partial charge is 0.304 e. The molecule has 0 fully saturated rings. The lowest BCUT2D eigenvalue weighted by Crippen LogP contribution is -2.36. The number of rotatable bonds is 8. The molecule has 0 bridgehead atoms. The van der Waals surface area contributed by atoms with Crippen molar-refractivity contribution >= 4 is 17.7 Å². The number of carboxylic acid groups (broad SMARTS) is 1. The Morgan fingerprint density at radius 3 is 2.57 bits per heavy atom. The highest BCUT2D eigenvalue weighted by Gasteiger charge is 2.14. The van der Waals surface area contributed by atoms with E-state index in [-0.39, 0.29) is 12.5 Å². The van der Waals surface area contributed by atoms with Crippen molar-refractivity contribution < 1.29 is 9.90 Å². The highest BCUT2D eigenvalue weighted by molar-refractivity contribution is 7.99. The fraction of sp³-hybridized carbons (Fsp3) is 0.900. The number of carboxylic acids is 1. The van der Waals surface area contributed by atoms with Crippen molar-refractivity contribution in [2.24, 2.45) is 0 Å². The average Bonchev–Trinajstić information content (AvgIpc) is 2.11. The maximum Gasteiger partial charge on any atom is 0.304 e. The Morgan fingerprint density at radius 1 is 1.50 bits per heavy atom. The zero-order valence-electron chi connectivity index (χ0n) is 9.32. The third kappa shape index (κ3) is 6.27. The van der Waals surface area contributed by atoms with Crippen molar-refractivity contribution in [3.63, 3.8) is 0 Å². The Hall–Kier alpha value is -0.220. The van der Waals surface area contributed by atoms with E-state index in [2.05, 4.69) is 18.7 Å². The molecular weight excluding hydrogens is 198 g/mol. The number of nitrogens with zero attached hydrogens (tertiary/aromatic N) is 1. The van der Waals surface area contributed by atoms with E-state index in [0.717, 1.165) is 24.6 Å². The van der Waals surface area contributed by atoms with Gasteiger partial charge in [-0.3, -0.25) is 9.69 Å². The van der Waals surface area contributed by atoms with Gasteiger partial charge in [-0.15, -0.1) is 0 Å². The summed E-state index contributed by atoms with van der Waals surface area (Å²) in [5.41, 5.74) is 0. The maximum atomic E-state index is 10.5. The minimum atomic E-state index is -0.709. The fourth-order valence-corrected chi connectivity index (χ4v) is 2.05. The molecule has 0 aromatic heterocycles. The molecule has 0 amide bonds. The van der Waals surface area contributed by atoms with Gasteiger partial charge in [0.25, 0.3) is 0 Å². The predicted molar refractivity (Wildman–Crippen MR) is 62.0 cm³/mol. The van der Waals surface area contributed by atoms with Crippen LogP contribution < -0.4 is 0 Å². The van der Waals surface area contributed by atoms with Gasteiger partial charge in [-0.2, -0.15) is 11.8 Å². The molecule has 1 unspecified atom stereocenters. The summed E-state index contributed by atoms with van der Waals surface area (Å²) in [6.45, 7) is 8.12. The maximum absolute atomic E-state index is 10.5. The number of hydrogen-bond donors (Lipinski definition) is 1. The third-order valence-corrected chi connectivity index (χ3v) is 3.11. The molecule has 0 saturated heterocycles. The van der Waals surface area contributed by atoms with Crippen LogP contribution in [-0.4, -0.2) is 46.6 Å². The second-order valence-corrected chi connectivity index (χ2v) is 4.67. The summed E-state index contributed by atoms with van der Waals surface area (Å²) >= 11 is 1.90. The lowest BCUT2D eigenvalue weighted by Gasteiger charge is -2.26. The molecule has 0 aromatic carbocycles. The summed E-state index contributed by atoms with van der Waals surface area (Å²) in [5.74, 6) is 1.51. The largest absolute Gasteiger partial charge is 0.481 e. The van der Waals surface area contributed by atoms with Crippen molar-refractivity contribution in [3.05, 3.63) is 0 Å². The van der Waals surface area contributed by atoms with Crippen molar-refractivity contribution in [1.29, 1.82) is 0 Å². The molecule has 1 N–H and O–H groups in total. The van der Waals surface area contributed by atoms with Crippen LogP contribution in [0.1, 0.15) is 27.2 Å². The topological polar surface area (TPSA) is 40.5 Å². The van der Waals surface area contributed by atoms with Crippen LogP contribution in [0.2, 0.25) is 0 Å². The number of carbonyl (C=O) groups is 1. The van der Waals surface area contributed by atoms with E-state index in [1.54, 1.807) is 0 Å². The minimum absolute atomic E-state index is 0.148. The summed E-state index contributed by atoms with van der Waals surface area (Å²) in [6, 6.07) is 0.148. The third-order valence-electron chi connectivity index (χ3n) is 2.23. The van der Waals surface area contributed by atoms with Gasteiger partial charge in [0.15, 0.2) is 0 Å². The molecule has 0 aliphatic heterocycles. The zero-order chi connectivity index (χ0) is 11.0. The van der Waals surface area contributed by atoms with Crippen molar-refractivity contribution in [2.45, 2.75) is 33.2 Å². The van der Waals surface area contributed by atoms with Gasteiger partial charge in [0.05, 0.1) is 6.42 Å². The molecule has 0 aliphatic carbocycles. The van der Waals surface area contributed by atoms with E-state index >= 15 is 0 Å². The number of hydrogen-bond acceptors (Lipinski definition) is 3. The molecule has 0 heterocycles. The van der Waals surface area contributed by atoms with Crippen LogP contribution in [0.4, 0.5) is 0 Å². The summed E-state index contributed by atoms with van der Waals surface area (Å²) in [5, 5.41) is 8.67. The van der Waals surface area contributed by atoms with Crippen molar-refractivity contribution in [3.8, 4) is 0 Å². The second kappa shape index (κ2) is 8.12. The van der Waals surface area contributed by atoms with Gasteiger partial charge in [0.1, 0.15) is 0 Å². The molecule has 0 aliphatic rings. The quantitative estimate of drug-likeness (QED) is 0.633. The van der Waals surface area contributed by atoms with E-state index in [9.17, 15) is 4.79 Å². The first-order valence-electron chi connectivity index (χ1n) is 5.15. The first-order valence-corrected chi connectivity index (χ1v) is 6.30. The number of thioether (sulfide) groups is 1. The van der Waals surface area contributed by atoms with Gasteiger partial charge in [-0.1, -0.05) is 13.8 Å². The van der Waals surface area contributed by atoms with E-state index in [1.165, 1.54) is 0 Å². The first-order chi connectivity index (χ1) is 6.61. The van der Waals surface area contributed by atoms with Crippen LogP contribution in [0, 0.1) is 0 Å². The summed E-state index contributed by atoms with van der Waals surface area (Å²) in [6.07, 6.45) is 0.241. The zero-order valence-corrected chi connectivity index (χ0v) is 10.1. The van der Waals surface area contributed by atoms with Crippen LogP contribution in [0.3, 0.4) is 0 Å². The van der Waals surface area contributed by atoms with Gasteiger partial charge in [-0.05, 0) is 19.2 Å². The van der Waals surface area contributed by atoms with Crippen LogP contribution in [0.5, 0.6) is 0 Å². The van der Waals surface area contributed by atoms with Crippen LogP contribution >= 0.6 is 11.8 Å². The molecule has 0 spiro atoms. The minimum Gasteiger partial charge on any atom is -0.481 e. The lowest BCUT2D eigenvalue weighted by molar-refractivity contribution is -0.138. The monoisotopic (exact) mass is 219 g/mol. The average molecular weight is 219 g/mol. The summed E-state index contributed by atoms with van der Waals surface area (Å²) in [7, 11) is 0. The van der Waals surface area contributed by atoms with Crippen molar-refractivity contribution in [2.75, 3.05) is 24.6 Å². The summed E-state index contributed by atoms with van der Waals surface area (Å²) in [4.78, 5) is 12.7. The van der Waals surface area contributed by atoms with Gasteiger partial charge in [0.2, 0.25) is 0 Å². The van der Waals surface area contributed by atoms with Crippen LogP contribution in [0.15, 0.2) is 0 Å². The molecule has 0 aromatic rings. The van der Waals surface area contributed by atoms with E-state index in [4.69, 9.17) is 5.11 Å². The van der Waals surface area contributed by atoms with E-state index < -0.39 is 5.97 Å². The first kappa shape index (κ1) is 13.8. The highest BCUT2D eigenvalue weighted by Crippen LogP contribution is 2.06. The second-order valence-electron chi connectivity index (χ2n) is 3.27. The molecule has 84 valence electrons. The normalized spacial score (nSPS) is 13.1. The molecule has 14 heavy (non-hydrogen) atoms. The number of aliphatic carboxylic acids is 1. The molecule has 0 saturated carbocycles. The van der Waals surface area contributed by atoms with Gasteiger partial charge in [0, 0.05) is 18.3 Å². The van der Waals surface area contributed by atoms with Crippen molar-refractivity contribution in [1.82, 2.24) is 4.90 Å². The SMILES string of the molecule is CCSCCN(CC)C(C)CC(=O)O. The molecule has 0 radical (unpaired) electrons. The van der Waals surface area contributed by atoms with Gasteiger partial charge in [-0.25, -0.2) is 0 Å². The van der Waals surface area contributed by atoms with Crippen LogP contribution in [0.25, 0.3) is 0 Å². The molecule has 0 rings (SSSR count). The Morgan fingerprint density at radius 2 is 2.14 bits per heavy atom. The predicted octanol–water partition coefficient (Wildman–Crippen LogP) is 1.92. The fourth-order valence-electron chi connectivity index (χ4n) is 1.40. The standard InChI is InChI=1S/C10H21NO2S/c1-4-11(6-7-14-5-2)9(3)8-10(12)13/h9H,4-8H2,1-3H3,(H,12,13). The van der Waals surface area contributed by atoms with Gasteiger partial charge >= 0.3 is 5.97 Å². The Balaban J connectivity index is 3.80. The Kier molecular flexibility index (Phi) is 7.99. The molecule has 1 atom stereocenters. The highest BCUT2D eigenvalue weighted by atomic mass is 32.2. The summed E-state index contributed by atoms with van der Waals surface area (Å²) < 4.78 is 0. The Bertz CT molecular complexity index is 164.